The van der Waals surface area contributed by atoms with Crippen molar-refractivity contribution >= 4 is 15.9 Å². The molecule has 2 heteroatoms. The number of hydrogen-bond donors (Lipinski definition) is 0. The van der Waals surface area contributed by atoms with Crippen molar-refractivity contribution < 1.29 is 0 Å². The smallest absolute Gasteiger partial charge is 0.0579 e. The third kappa shape index (κ3) is 2.11. The summed E-state index contributed by atoms with van der Waals surface area (Å²) in [5, 5.41) is 0. The van der Waals surface area contributed by atoms with Gasteiger partial charge in [-0.25, -0.2) is 0 Å². The van der Waals surface area contributed by atoms with Gasteiger partial charge in [-0.15, -0.1) is 0 Å². The predicted octanol–water partition coefficient (Wildman–Crippen LogP) is 3.71. The highest BCUT2D eigenvalue weighted by atomic mass is 79.9. The minimum Gasteiger partial charge on any atom is -0.260 e. The molecule has 1 atom stereocenters. The van der Waals surface area contributed by atoms with Crippen molar-refractivity contribution in [1.82, 2.24) is 4.98 Å². The molecule has 0 spiro atoms. The topological polar surface area (TPSA) is 12.9 Å². The van der Waals surface area contributed by atoms with E-state index in [1.807, 2.05) is 12.3 Å². The molecule has 1 aromatic heterocycles. The first-order valence-electron chi connectivity index (χ1n) is 4.81. The maximum Gasteiger partial charge on any atom is 0.0579 e. The van der Waals surface area contributed by atoms with Crippen LogP contribution in [0.1, 0.15) is 37.3 Å². The zero-order chi connectivity index (χ0) is 9.10. The van der Waals surface area contributed by atoms with Gasteiger partial charge < -0.3 is 0 Å². The van der Waals surface area contributed by atoms with E-state index in [-0.39, 0.29) is 0 Å². The molecule has 0 N–H and O–H groups in total. The molecule has 1 nitrogen and oxygen atoms in total. The van der Waals surface area contributed by atoms with E-state index in [0.29, 0.717) is 5.92 Å². The van der Waals surface area contributed by atoms with Crippen molar-refractivity contribution in [1.29, 1.82) is 0 Å². The van der Waals surface area contributed by atoms with Gasteiger partial charge in [-0.05, 0) is 47.3 Å². The van der Waals surface area contributed by atoms with Gasteiger partial charge in [0.05, 0.1) is 5.69 Å². The molecule has 1 saturated carbocycles. The monoisotopic (exact) mass is 238 g/mol. The zero-order valence-electron chi connectivity index (χ0n) is 7.54. The molecule has 1 aromatic rings. The summed E-state index contributed by atoms with van der Waals surface area (Å²) in [6, 6.07) is 4.04. The Morgan fingerprint density at radius 2 is 2.31 bits per heavy atom. The van der Waals surface area contributed by atoms with Gasteiger partial charge in [0.15, 0.2) is 0 Å². The van der Waals surface area contributed by atoms with Crippen LogP contribution in [0.5, 0.6) is 0 Å². The van der Waals surface area contributed by atoms with E-state index in [9.17, 15) is 0 Å². The third-order valence-corrected chi connectivity index (χ3v) is 3.23. The first kappa shape index (κ1) is 9.20. The zero-order valence-corrected chi connectivity index (χ0v) is 9.13. The number of nitrogens with zero attached hydrogens (tertiary/aromatic N) is 1. The molecule has 1 unspecified atom stereocenters. The lowest BCUT2D eigenvalue weighted by atomic mass is 9.87. The highest BCUT2D eigenvalue weighted by Gasteiger charge is 2.18. The Labute approximate surface area is 87.7 Å². The molecule has 0 aliphatic heterocycles. The van der Waals surface area contributed by atoms with Crippen LogP contribution in [0.15, 0.2) is 22.8 Å². The van der Waals surface area contributed by atoms with Gasteiger partial charge in [-0.3, -0.25) is 4.98 Å². The Morgan fingerprint density at radius 3 is 3.00 bits per heavy atom. The van der Waals surface area contributed by atoms with Gasteiger partial charge in [0.1, 0.15) is 0 Å². The lowest BCUT2D eigenvalue weighted by Crippen LogP contribution is -2.07. The largest absolute Gasteiger partial charge is 0.260 e. The Morgan fingerprint density at radius 1 is 1.38 bits per heavy atom. The first-order valence-corrected chi connectivity index (χ1v) is 5.61. The highest BCUT2D eigenvalue weighted by Crippen LogP contribution is 2.33. The molecule has 13 heavy (non-hydrogen) atoms. The Hall–Kier alpha value is -0.370. The maximum absolute atomic E-state index is 4.42. The van der Waals surface area contributed by atoms with Gasteiger partial charge in [0, 0.05) is 16.6 Å². The van der Waals surface area contributed by atoms with Crippen molar-refractivity contribution in [3.8, 4) is 0 Å². The van der Waals surface area contributed by atoms with Crippen molar-refractivity contribution in [3.05, 3.63) is 34.9 Å². The molecule has 1 aliphatic rings. The van der Waals surface area contributed by atoms with E-state index in [0.717, 1.165) is 4.47 Å². The molecule has 1 aliphatic carbocycles. The predicted molar refractivity (Wildman–Crippen MR) is 57.4 cm³/mol. The summed E-state index contributed by atoms with van der Waals surface area (Å²) in [7, 11) is 0. The molecule has 1 fully saturated rings. The standard InChI is InChI=1S/C11H13BrN/c12-10-7-4-8-13-11(10)9-5-2-1-3-6-9/h4-5,7-9H,1-3,6H2. The van der Waals surface area contributed by atoms with Crippen molar-refractivity contribution in [2.24, 2.45) is 0 Å². The molecule has 1 radical (unpaired) electrons. The molecule has 0 saturated heterocycles. The van der Waals surface area contributed by atoms with Crippen LogP contribution in [0.25, 0.3) is 0 Å². The van der Waals surface area contributed by atoms with Crippen LogP contribution in [0.3, 0.4) is 0 Å². The van der Waals surface area contributed by atoms with Gasteiger partial charge in [0.2, 0.25) is 0 Å². The average molecular weight is 239 g/mol. The van der Waals surface area contributed by atoms with Crippen molar-refractivity contribution in [2.45, 2.75) is 31.6 Å². The number of aromatic nitrogens is 1. The van der Waals surface area contributed by atoms with Crippen LogP contribution < -0.4 is 0 Å². The second-order valence-corrected chi connectivity index (χ2v) is 4.35. The van der Waals surface area contributed by atoms with Crippen molar-refractivity contribution in [3.63, 3.8) is 0 Å². The summed E-state index contributed by atoms with van der Waals surface area (Å²) in [6.45, 7) is 0. The fraction of sp³-hybridized carbons (Fsp3) is 0.455. The summed E-state index contributed by atoms with van der Waals surface area (Å²) < 4.78 is 1.15. The van der Waals surface area contributed by atoms with Gasteiger partial charge in [-0.2, -0.15) is 0 Å². The molecule has 0 amide bonds. The van der Waals surface area contributed by atoms with E-state index >= 15 is 0 Å². The Kier molecular flexibility index (Phi) is 2.99. The Balaban J connectivity index is 2.18. The van der Waals surface area contributed by atoms with Gasteiger partial charge in [-0.1, -0.05) is 12.8 Å². The van der Waals surface area contributed by atoms with Crippen molar-refractivity contribution in [2.75, 3.05) is 0 Å². The third-order valence-electron chi connectivity index (χ3n) is 2.56. The number of hydrogen-bond acceptors (Lipinski definition) is 1. The Bertz CT molecular complexity index is 279. The summed E-state index contributed by atoms with van der Waals surface area (Å²) >= 11 is 3.55. The van der Waals surface area contributed by atoms with Gasteiger partial charge >= 0.3 is 0 Å². The summed E-state index contributed by atoms with van der Waals surface area (Å²) in [5.74, 6) is 0.573. The molecular weight excluding hydrogens is 226 g/mol. The SMILES string of the molecule is Brc1cccnc1C1[CH]CCCC1. The fourth-order valence-electron chi connectivity index (χ4n) is 1.86. The van der Waals surface area contributed by atoms with Crippen LogP contribution in [0.4, 0.5) is 0 Å². The quantitative estimate of drug-likeness (QED) is 0.728. The number of halogens is 1. The molecule has 2 rings (SSSR count). The second-order valence-electron chi connectivity index (χ2n) is 3.50. The molecule has 1 heterocycles. The minimum absolute atomic E-state index is 0.573. The second kappa shape index (κ2) is 4.23. The molecular formula is C11H13BrN. The van der Waals surface area contributed by atoms with Crippen LogP contribution in [-0.2, 0) is 0 Å². The maximum atomic E-state index is 4.42. The first-order chi connectivity index (χ1) is 6.38. The van der Waals surface area contributed by atoms with E-state index < -0.39 is 0 Å². The van der Waals surface area contributed by atoms with E-state index in [1.54, 1.807) is 0 Å². The van der Waals surface area contributed by atoms with Crippen LogP contribution in [0, 0.1) is 6.42 Å². The summed E-state index contributed by atoms with van der Waals surface area (Å²) in [4.78, 5) is 4.42. The van der Waals surface area contributed by atoms with Crippen LogP contribution in [0.2, 0.25) is 0 Å². The number of rotatable bonds is 1. The van der Waals surface area contributed by atoms with Gasteiger partial charge in [0.25, 0.3) is 0 Å². The fourth-order valence-corrected chi connectivity index (χ4v) is 2.41. The molecule has 69 valence electrons. The highest BCUT2D eigenvalue weighted by molar-refractivity contribution is 9.10. The average Bonchev–Trinajstić information content (AvgIpc) is 2.20. The van der Waals surface area contributed by atoms with Crippen LogP contribution >= 0.6 is 15.9 Å². The lowest BCUT2D eigenvalue weighted by molar-refractivity contribution is 0.524. The molecule has 0 aromatic carbocycles. The van der Waals surface area contributed by atoms with E-state index in [1.165, 1.54) is 31.4 Å². The number of pyridine rings is 1. The van der Waals surface area contributed by atoms with E-state index in [2.05, 4.69) is 33.4 Å². The minimum atomic E-state index is 0.573. The van der Waals surface area contributed by atoms with E-state index in [4.69, 9.17) is 0 Å². The van der Waals surface area contributed by atoms with Crippen LogP contribution in [-0.4, -0.2) is 4.98 Å². The normalized spacial score (nSPS) is 18.8. The summed E-state index contributed by atoms with van der Waals surface area (Å²) in [6.07, 6.45) is 9.47. The lowest BCUT2D eigenvalue weighted by Gasteiger charge is -2.21. The molecule has 0 bridgehead atoms. The summed E-state index contributed by atoms with van der Waals surface area (Å²) in [5.41, 5.74) is 1.21.